The second-order valence-corrected chi connectivity index (χ2v) is 14.0. The SMILES string of the molecule is CCCCCCCCCCCCCC(=O)O[C@@H]1[C@@H](OC(=O)CCCCCCCCCCCCC)[C@H](O)[C@@H](COCc2ccccc2)O[C@@H]1O. The highest BCUT2D eigenvalue weighted by Gasteiger charge is 2.49. The third kappa shape index (κ3) is 20.4. The first kappa shape index (κ1) is 43.2. The summed E-state index contributed by atoms with van der Waals surface area (Å²) in [5.41, 5.74) is 0.956. The predicted molar refractivity (Wildman–Crippen MR) is 195 cm³/mol. The number of aliphatic hydroxyl groups is 2. The quantitative estimate of drug-likeness (QED) is 0.0607. The standard InChI is InChI=1S/C41H70O8/c1-3-5-7-9-11-13-15-17-19-21-26-30-36(42)48-39-38(44)35(33-46-32-34-28-24-23-25-29-34)47-41(45)40(39)49-37(43)31-27-22-20-18-16-14-12-10-8-6-4-2/h23-25,28-29,35,38-41,44-45H,3-22,26-27,30-33H2,1-2H3/t35-,38-,39+,40-,41+/m1/s1. The maximum Gasteiger partial charge on any atom is 0.306 e. The van der Waals surface area contributed by atoms with Crippen LogP contribution in [-0.4, -0.2) is 59.5 Å². The van der Waals surface area contributed by atoms with Crippen LogP contribution in [0.15, 0.2) is 30.3 Å². The normalized spacial score (nSPS) is 20.7. The van der Waals surface area contributed by atoms with E-state index in [0.717, 1.165) is 44.1 Å². The lowest BCUT2D eigenvalue weighted by atomic mass is 9.98. The Kier molecular flexibility index (Phi) is 25.3. The fraction of sp³-hybridized carbons (Fsp3) is 0.805. The van der Waals surface area contributed by atoms with Crippen molar-refractivity contribution in [2.24, 2.45) is 0 Å². The van der Waals surface area contributed by atoms with Gasteiger partial charge in [-0.05, 0) is 18.4 Å². The number of hydrogen-bond donors (Lipinski definition) is 2. The van der Waals surface area contributed by atoms with Gasteiger partial charge in [-0.2, -0.15) is 0 Å². The maximum atomic E-state index is 12.9. The summed E-state index contributed by atoms with van der Waals surface area (Å²) in [5.74, 6) is -0.981. The Balaban J connectivity index is 1.78. The number of esters is 2. The molecule has 0 aliphatic carbocycles. The topological polar surface area (TPSA) is 112 Å². The highest BCUT2D eigenvalue weighted by atomic mass is 16.7. The molecule has 0 aromatic heterocycles. The molecule has 8 nitrogen and oxygen atoms in total. The molecule has 0 spiro atoms. The van der Waals surface area contributed by atoms with E-state index in [-0.39, 0.29) is 19.4 Å². The van der Waals surface area contributed by atoms with Crippen LogP contribution in [0.4, 0.5) is 0 Å². The molecule has 0 unspecified atom stereocenters. The lowest BCUT2D eigenvalue weighted by Crippen LogP contribution is -2.61. The molecule has 0 bridgehead atoms. The number of carbonyl (C=O) groups excluding carboxylic acids is 2. The molecule has 2 N–H and O–H groups in total. The van der Waals surface area contributed by atoms with E-state index >= 15 is 0 Å². The van der Waals surface area contributed by atoms with Crippen LogP contribution in [0.5, 0.6) is 0 Å². The molecule has 1 aromatic rings. The Morgan fingerprint density at radius 1 is 0.592 bits per heavy atom. The molecule has 2 rings (SSSR count). The Morgan fingerprint density at radius 2 is 1.00 bits per heavy atom. The van der Waals surface area contributed by atoms with Gasteiger partial charge in [0.2, 0.25) is 0 Å². The molecule has 5 atom stereocenters. The van der Waals surface area contributed by atoms with Crippen LogP contribution in [0.3, 0.4) is 0 Å². The highest BCUT2D eigenvalue weighted by molar-refractivity contribution is 5.70. The number of benzene rings is 1. The summed E-state index contributed by atoms with van der Waals surface area (Å²) < 4.78 is 22.8. The van der Waals surface area contributed by atoms with Crippen molar-refractivity contribution in [2.45, 2.75) is 205 Å². The van der Waals surface area contributed by atoms with Crippen LogP contribution in [-0.2, 0) is 35.1 Å². The molecule has 49 heavy (non-hydrogen) atoms. The van der Waals surface area contributed by atoms with Gasteiger partial charge in [0.1, 0.15) is 12.2 Å². The number of aliphatic hydroxyl groups excluding tert-OH is 2. The molecule has 1 fully saturated rings. The first-order chi connectivity index (χ1) is 24.0. The zero-order chi connectivity index (χ0) is 35.4. The summed E-state index contributed by atoms with van der Waals surface area (Å²) in [6.45, 7) is 4.74. The van der Waals surface area contributed by atoms with Crippen LogP contribution < -0.4 is 0 Å². The molecule has 8 heteroatoms. The molecule has 1 aromatic carbocycles. The van der Waals surface area contributed by atoms with Crippen molar-refractivity contribution < 1.29 is 38.7 Å². The fourth-order valence-electron chi connectivity index (χ4n) is 6.46. The minimum Gasteiger partial charge on any atom is -0.455 e. The number of unbranched alkanes of at least 4 members (excludes halogenated alkanes) is 20. The van der Waals surface area contributed by atoms with E-state index in [4.69, 9.17) is 18.9 Å². The Morgan fingerprint density at radius 3 is 1.45 bits per heavy atom. The van der Waals surface area contributed by atoms with E-state index in [0.29, 0.717) is 19.4 Å². The van der Waals surface area contributed by atoms with E-state index < -0.39 is 42.6 Å². The average molecular weight is 691 g/mol. The van der Waals surface area contributed by atoms with Crippen molar-refractivity contribution in [1.82, 2.24) is 0 Å². The largest absolute Gasteiger partial charge is 0.455 e. The predicted octanol–water partition coefficient (Wildman–Crippen LogP) is 9.51. The van der Waals surface area contributed by atoms with E-state index in [1.807, 2.05) is 30.3 Å². The number of rotatable bonds is 30. The molecular formula is C41H70O8. The van der Waals surface area contributed by atoms with E-state index in [9.17, 15) is 19.8 Å². The van der Waals surface area contributed by atoms with Gasteiger partial charge in [-0.15, -0.1) is 0 Å². The molecule has 0 saturated carbocycles. The van der Waals surface area contributed by atoms with Crippen molar-refractivity contribution in [3.63, 3.8) is 0 Å². The zero-order valence-corrected chi connectivity index (χ0v) is 31.0. The monoisotopic (exact) mass is 691 g/mol. The van der Waals surface area contributed by atoms with Gasteiger partial charge in [-0.25, -0.2) is 0 Å². The van der Waals surface area contributed by atoms with E-state index in [2.05, 4.69) is 13.8 Å². The summed E-state index contributed by atoms with van der Waals surface area (Å²) in [5, 5.41) is 22.1. The van der Waals surface area contributed by atoms with Crippen molar-refractivity contribution >= 4 is 11.9 Å². The summed E-state index contributed by atoms with van der Waals surface area (Å²) in [4.78, 5) is 25.7. The lowest BCUT2D eigenvalue weighted by molar-refractivity contribution is -0.296. The van der Waals surface area contributed by atoms with Gasteiger partial charge >= 0.3 is 11.9 Å². The van der Waals surface area contributed by atoms with Crippen LogP contribution in [0.1, 0.15) is 174 Å². The molecule has 1 saturated heterocycles. The second-order valence-electron chi connectivity index (χ2n) is 14.0. The summed E-state index contributed by atoms with van der Waals surface area (Å²) in [6, 6.07) is 9.60. The van der Waals surface area contributed by atoms with Crippen molar-refractivity contribution in [1.29, 1.82) is 0 Å². The maximum absolute atomic E-state index is 12.9. The first-order valence-electron chi connectivity index (χ1n) is 20.0. The first-order valence-corrected chi connectivity index (χ1v) is 20.0. The Labute approximate surface area is 298 Å². The van der Waals surface area contributed by atoms with E-state index in [1.54, 1.807) is 0 Å². The summed E-state index contributed by atoms with van der Waals surface area (Å²) in [6.07, 6.45) is 19.7. The van der Waals surface area contributed by atoms with Gasteiger partial charge in [0.15, 0.2) is 18.5 Å². The molecule has 0 radical (unpaired) electrons. The second kappa shape index (κ2) is 28.7. The molecule has 0 amide bonds. The van der Waals surface area contributed by atoms with Crippen molar-refractivity contribution in [3.8, 4) is 0 Å². The van der Waals surface area contributed by atoms with Crippen LogP contribution in [0, 0.1) is 0 Å². The molecule has 1 heterocycles. The number of ether oxygens (including phenoxy) is 4. The minimum atomic E-state index is -1.56. The summed E-state index contributed by atoms with van der Waals surface area (Å²) >= 11 is 0. The van der Waals surface area contributed by atoms with Gasteiger partial charge in [-0.1, -0.05) is 173 Å². The molecule has 282 valence electrons. The van der Waals surface area contributed by atoms with Gasteiger partial charge in [0.25, 0.3) is 0 Å². The van der Waals surface area contributed by atoms with Gasteiger partial charge in [0, 0.05) is 12.8 Å². The van der Waals surface area contributed by atoms with Crippen molar-refractivity contribution in [2.75, 3.05) is 6.61 Å². The van der Waals surface area contributed by atoms with Gasteiger partial charge in [-0.3, -0.25) is 9.59 Å². The average Bonchev–Trinajstić information content (AvgIpc) is 3.10. The van der Waals surface area contributed by atoms with E-state index in [1.165, 1.54) is 89.9 Å². The summed E-state index contributed by atoms with van der Waals surface area (Å²) in [7, 11) is 0. The van der Waals surface area contributed by atoms with Crippen molar-refractivity contribution in [3.05, 3.63) is 35.9 Å². The molecule has 1 aliphatic heterocycles. The molecular weight excluding hydrogens is 620 g/mol. The molecule has 1 aliphatic rings. The van der Waals surface area contributed by atoms with Crippen LogP contribution >= 0.6 is 0 Å². The van der Waals surface area contributed by atoms with Gasteiger partial charge < -0.3 is 29.2 Å². The third-order valence-electron chi connectivity index (χ3n) is 9.53. The number of hydrogen-bond acceptors (Lipinski definition) is 8. The minimum absolute atomic E-state index is 0.0286. The zero-order valence-electron chi connectivity index (χ0n) is 31.0. The highest BCUT2D eigenvalue weighted by Crippen LogP contribution is 2.27. The van der Waals surface area contributed by atoms with Crippen LogP contribution in [0.2, 0.25) is 0 Å². The Hall–Kier alpha value is -2.00. The fourth-order valence-corrected chi connectivity index (χ4v) is 6.46. The van der Waals surface area contributed by atoms with Gasteiger partial charge in [0.05, 0.1) is 13.2 Å². The number of carbonyl (C=O) groups is 2. The smallest absolute Gasteiger partial charge is 0.306 e. The van der Waals surface area contributed by atoms with Crippen LogP contribution in [0.25, 0.3) is 0 Å². The Bertz CT molecular complexity index is 941. The third-order valence-corrected chi connectivity index (χ3v) is 9.53. The lowest BCUT2D eigenvalue weighted by Gasteiger charge is -2.41.